The van der Waals surface area contributed by atoms with Crippen molar-refractivity contribution in [3.8, 4) is 17.3 Å². The number of nitrogens with zero attached hydrogens (tertiary/aromatic N) is 5. The van der Waals surface area contributed by atoms with Gasteiger partial charge in [-0.25, -0.2) is 0 Å². The van der Waals surface area contributed by atoms with Gasteiger partial charge in [0.05, 0.1) is 0 Å². The van der Waals surface area contributed by atoms with Gasteiger partial charge < -0.3 is 9.26 Å². The SMILES string of the molecule is Cc1ccc(C(C)C)c(OCc2nn3c(-c4cc(C)on4)nnc3s2)c1. The molecule has 0 unspecified atom stereocenters. The topological polar surface area (TPSA) is 78.3 Å². The highest BCUT2D eigenvalue weighted by Crippen LogP contribution is 2.29. The molecule has 134 valence electrons. The first-order valence-corrected chi connectivity index (χ1v) is 9.21. The van der Waals surface area contributed by atoms with Gasteiger partial charge in [-0.05, 0) is 37.0 Å². The van der Waals surface area contributed by atoms with Crippen LogP contribution in [0.1, 0.15) is 41.7 Å². The highest BCUT2D eigenvalue weighted by Gasteiger charge is 2.17. The third-order valence-corrected chi connectivity index (χ3v) is 4.90. The van der Waals surface area contributed by atoms with Crippen molar-refractivity contribution in [3.05, 3.63) is 46.2 Å². The average Bonchev–Trinajstić information content (AvgIpc) is 3.28. The lowest BCUT2D eigenvalue weighted by atomic mass is 10.0. The van der Waals surface area contributed by atoms with E-state index in [1.807, 2.05) is 13.0 Å². The van der Waals surface area contributed by atoms with Gasteiger partial charge in [0.25, 0.3) is 0 Å². The van der Waals surface area contributed by atoms with E-state index in [0.29, 0.717) is 29.0 Å². The summed E-state index contributed by atoms with van der Waals surface area (Å²) in [5.41, 5.74) is 2.98. The molecule has 1 aromatic carbocycles. The van der Waals surface area contributed by atoms with Crippen LogP contribution >= 0.6 is 11.3 Å². The Hall–Kier alpha value is -2.74. The lowest BCUT2D eigenvalue weighted by Gasteiger charge is -2.14. The summed E-state index contributed by atoms with van der Waals surface area (Å²) in [5.74, 6) is 2.58. The van der Waals surface area contributed by atoms with Crippen molar-refractivity contribution in [3.63, 3.8) is 0 Å². The summed E-state index contributed by atoms with van der Waals surface area (Å²) in [4.78, 5) is 0.701. The number of rotatable bonds is 5. The van der Waals surface area contributed by atoms with Crippen LogP contribution in [0.25, 0.3) is 16.5 Å². The maximum absolute atomic E-state index is 6.07. The standard InChI is InChI=1S/C18H19N5O2S/c1-10(2)13-6-5-11(3)7-15(13)24-9-16-21-23-17(19-20-18(23)26-16)14-8-12(4)25-22-14/h5-8,10H,9H2,1-4H3. The largest absolute Gasteiger partial charge is 0.486 e. The predicted molar refractivity (Wildman–Crippen MR) is 98.5 cm³/mol. The number of benzene rings is 1. The van der Waals surface area contributed by atoms with Crippen molar-refractivity contribution in [1.29, 1.82) is 0 Å². The van der Waals surface area contributed by atoms with Gasteiger partial charge in [0, 0.05) is 6.07 Å². The summed E-state index contributed by atoms with van der Waals surface area (Å²) in [6.07, 6.45) is 0. The maximum Gasteiger partial charge on any atom is 0.235 e. The Morgan fingerprint density at radius 1 is 1.19 bits per heavy atom. The van der Waals surface area contributed by atoms with Crippen molar-refractivity contribution < 1.29 is 9.26 Å². The van der Waals surface area contributed by atoms with Gasteiger partial charge in [-0.15, -0.1) is 10.2 Å². The second-order valence-electron chi connectivity index (χ2n) is 6.52. The minimum atomic E-state index is 0.383. The molecule has 0 radical (unpaired) electrons. The van der Waals surface area contributed by atoms with Crippen LogP contribution in [0, 0.1) is 13.8 Å². The second kappa shape index (κ2) is 6.53. The molecule has 0 aliphatic carbocycles. The molecule has 8 heteroatoms. The van der Waals surface area contributed by atoms with Crippen LogP contribution in [0.5, 0.6) is 5.75 Å². The Bertz CT molecular complexity index is 1060. The summed E-state index contributed by atoms with van der Waals surface area (Å²) in [7, 11) is 0. The number of hydrogen-bond donors (Lipinski definition) is 0. The van der Waals surface area contributed by atoms with Crippen molar-refractivity contribution in [1.82, 2.24) is 25.0 Å². The molecular weight excluding hydrogens is 350 g/mol. The van der Waals surface area contributed by atoms with Crippen molar-refractivity contribution in [2.24, 2.45) is 0 Å². The lowest BCUT2D eigenvalue weighted by Crippen LogP contribution is -2.01. The fourth-order valence-electron chi connectivity index (χ4n) is 2.73. The first-order chi connectivity index (χ1) is 12.5. The molecule has 0 spiro atoms. The zero-order valence-electron chi connectivity index (χ0n) is 15.1. The van der Waals surface area contributed by atoms with E-state index in [4.69, 9.17) is 9.26 Å². The van der Waals surface area contributed by atoms with E-state index >= 15 is 0 Å². The molecule has 3 aromatic heterocycles. The molecule has 0 aliphatic heterocycles. The molecule has 0 saturated heterocycles. The third-order valence-electron chi connectivity index (χ3n) is 4.03. The molecule has 7 nitrogen and oxygen atoms in total. The van der Waals surface area contributed by atoms with E-state index in [1.165, 1.54) is 22.5 Å². The second-order valence-corrected chi connectivity index (χ2v) is 7.56. The van der Waals surface area contributed by atoms with Crippen LogP contribution in [0.3, 0.4) is 0 Å². The van der Waals surface area contributed by atoms with E-state index in [1.54, 1.807) is 4.52 Å². The van der Waals surface area contributed by atoms with Gasteiger partial charge in [-0.2, -0.15) is 9.61 Å². The first kappa shape index (κ1) is 16.7. The van der Waals surface area contributed by atoms with Crippen LogP contribution in [-0.4, -0.2) is 25.0 Å². The first-order valence-electron chi connectivity index (χ1n) is 8.39. The summed E-state index contributed by atoms with van der Waals surface area (Å²) in [6.45, 7) is 8.60. The molecule has 0 amide bonds. The van der Waals surface area contributed by atoms with Gasteiger partial charge in [0.1, 0.15) is 18.1 Å². The number of aryl methyl sites for hydroxylation is 2. The Kier molecular flexibility index (Phi) is 4.20. The minimum absolute atomic E-state index is 0.383. The molecule has 0 aliphatic rings. The zero-order valence-corrected chi connectivity index (χ0v) is 15.9. The van der Waals surface area contributed by atoms with Crippen LogP contribution in [0.15, 0.2) is 28.8 Å². The number of ether oxygens (including phenoxy) is 1. The van der Waals surface area contributed by atoms with Crippen molar-refractivity contribution in [2.75, 3.05) is 0 Å². The average molecular weight is 369 g/mol. The number of aromatic nitrogens is 5. The Morgan fingerprint density at radius 2 is 2.04 bits per heavy atom. The molecule has 26 heavy (non-hydrogen) atoms. The molecule has 0 N–H and O–H groups in total. The van der Waals surface area contributed by atoms with Crippen LogP contribution < -0.4 is 4.74 Å². The summed E-state index contributed by atoms with van der Waals surface area (Å²) < 4.78 is 12.9. The smallest absolute Gasteiger partial charge is 0.235 e. The highest BCUT2D eigenvalue weighted by atomic mass is 32.1. The van der Waals surface area contributed by atoms with Gasteiger partial charge in [0.2, 0.25) is 10.8 Å². The maximum atomic E-state index is 6.07. The van der Waals surface area contributed by atoms with E-state index in [9.17, 15) is 0 Å². The molecule has 4 rings (SSSR count). The lowest BCUT2D eigenvalue weighted by molar-refractivity contribution is 0.299. The number of fused-ring (bicyclic) bond motifs is 1. The number of hydrogen-bond acceptors (Lipinski definition) is 7. The molecule has 0 bridgehead atoms. The molecule has 0 fully saturated rings. The monoisotopic (exact) mass is 369 g/mol. The van der Waals surface area contributed by atoms with Crippen LogP contribution in [0.2, 0.25) is 0 Å². The quantitative estimate of drug-likeness (QED) is 0.526. The fourth-order valence-corrected chi connectivity index (χ4v) is 3.48. The van der Waals surface area contributed by atoms with Crippen molar-refractivity contribution in [2.45, 2.75) is 40.2 Å². The van der Waals surface area contributed by atoms with Crippen LogP contribution in [-0.2, 0) is 6.61 Å². The van der Waals surface area contributed by atoms with Gasteiger partial charge in [-0.3, -0.25) is 0 Å². The molecule has 0 saturated carbocycles. The Labute approximate surface area is 154 Å². The van der Waals surface area contributed by atoms with Gasteiger partial charge >= 0.3 is 0 Å². The molecular formula is C18H19N5O2S. The van der Waals surface area contributed by atoms with Gasteiger partial charge in [0.15, 0.2) is 10.7 Å². The van der Waals surface area contributed by atoms with E-state index in [-0.39, 0.29) is 0 Å². The Morgan fingerprint density at radius 3 is 2.77 bits per heavy atom. The molecule has 0 atom stereocenters. The summed E-state index contributed by atoms with van der Waals surface area (Å²) >= 11 is 1.45. The predicted octanol–water partition coefficient (Wildman–Crippen LogP) is 4.16. The summed E-state index contributed by atoms with van der Waals surface area (Å²) in [5, 5.41) is 17.7. The fraction of sp³-hybridized carbons (Fsp3) is 0.333. The van der Waals surface area contributed by atoms with Gasteiger partial charge in [-0.1, -0.05) is 42.5 Å². The normalized spacial score (nSPS) is 11.6. The van der Waals surface area contributed by atoms with E-state index in [0.717, 1.165) is 16.5 Å². The van der Waals surface area contributed by atoms with E-state index < -0.39 is 0 Å². The third kappa shape index (κ3) is 3.08. The Balaban J connectivity index is 1.59. The molecule has 4 aromatic rings. The zero-order chi connectivity index (χ0) is 18.3. The molecule has 3 heterocycles. The van der Waals surface area contributed by atoms with Crippen LogP contribution in [0.4, 0.5) is 0 Å². The van der Waals surface area contributed by atoms with E-state index in [2.05, 4.69) is 59.4 Å². The minimum Gasteiger partial charge on any atom is -0.486 e. The summed E-state index contributed by atoms with van der Waals surface area (Å²) in [6, 6.07) is 8.11. The van der Waals surface area contributed by atoms with Crippen molar-refractivity contribution >= 4 is 16.3 Å². The highest BCUT2D eigenvalue weighted by molar-refractivity contribution is 7.16.